The highest BCUT2D eigenvalue weighted by Crippen LogP contribution is 2.38. The van der Waals surface area contributed by atoms with E-state index in [9.17, 15) is 9.18 Å². The Balaban J connectivity index is 1.42. The van der Waals surface area contributed by atoms with E-state index in [1.165, 1.54) is 12.1 Å². The topological polar surface area (TPSA) is 82.6 Å². The third kappa shape index (κ3) is 4.58. The first-order valence-corrected chi connectivity index (χ1v) is 9.80. The Morgan fingerprint density at radius 3 is 2.84 bits per heavy atom. The molecule has 1 aliphatic heterocycles. The number of fused-ring (bicyclic) bond motifs is 1. The number of amides is 1. The monoisotopic (exact) mass is 423 g/mol. The number of carbonyl (C=O) groups is 1. The van der Waals surface area contributed by atoms with E-state index in [4.69, 9.17) is 14.2 Å². The lowest BCUT2D eigenvalue weighted by Crippen LogP contribution is -2.35. The van der Waals surface area contributed by atoms with Gasteiger partial charge in [-0.1, -0.05) is 0 Å². The van der Waals surface area contributed by atoms with Crippen molar-refractivity contribution in [1.29, 1.82) is 0 Å². The molecule has 4 rings (SSSR count). The van der Waals surface area contributed by atoms with Crippen LogP contribution in [-0.4, -0.2) is 42.7 Å². The van der Waals surface area contributed by atoms with Crippen molar-refractivity contribution in [2.75, 3.05) is 20.8 Å². The van der Waals surface area contributed by atoms with Gasteiger partial charge in [-0.05, 0) is 30.3 Å². The molecule has 0 spiro atoms. The van der Waals surface area contributed by atoms with E-state index < -0.39 is 0 Å². The summed E-state index contributed by atoms with van der Waals surface area (Å²) in [5, 5.41) is 2.89. The number of hydrogen-bond acceptors (Lipinski definition) is 6. The summed E-state index contributed by atoms with van der Waals surface area (Å²) in [5.74, 6) is 1.31. The quantitative estimate of drug-likeness (QED) is 0.629. The highest BCUT2D eigenvalue weighted by Gasteiger charge is 2.28. The standard InChI is InChI=1S/C23H22FN3O4/c1-29-17-3-4-21(30-2)14(8-17)10-22(28)27-12-18-9-15-7-16(24)11-19(23(15)31-18)20-13-25-5-6-26-20/h3-8,11,13,18H,9-10,12H2,1-2H3,(H,27,28). The van der Waals surface area contributed by atoms with Crippen LogP contribution in [0.5, 0.6) is 17.2 Å². The van der Waals surface area contributed by atoms with E-state index in [0.29, 0.717) is 41.5 Å². The number of hydrogen-bond donors (Lipinski definition) is 1. The molecule has 31 heavy (non-hydrogen) atoms. The Morgan fingerprint density at radius 2 is 2.10 bits per heavy atom. The molecule has 0 saturated carbocycles. The Bertz CT molecular complexity index is 1090. The van der Waals surface area contributed by atoms with Gasteiger partial charge in [-0.2, -0.15) is 0 Å². The maximum atomic E-state index is 14.1. The molecule has 7 nitrogen and oxygen atoms in total. The minimum Gasteiger partial charge on any atom is -0.497 e. The van der Waals surface area contributed by atoms with Gasteiger partial charge in [0, 0.05) is 35.5 Å². The number of benzene rings is 2. The van der Waals surface area contributed by atoms with Crippen LogP contribution < -0.4 is 19.5 Å². The van der Waals surface area contributed by atoms with Crippen molar-refractivity contribution in [2.24, 2.45) is 0 Å². The molecule has 2 aromatic carbocycles. The Labute approximate surface area is 179 Å². The number of nitrogens with zero attached hydrogens (tertiary/aromatic N) is 2. The smallest absolute Gasteiger partial charge is 0.224 e. The maximum absolute atomic E-state index is 14.1. The summed E-state index contributed by atoms with van der Waals surface area (Å²) < 4.78 is 30.7. The van der Waals surface area contributed by atoms with Crippen LogP contribution in [0, 0.1) is 5.82 Å². The van der Waals surface area contributed by atoms with Crippen molar-refractivity contribution < 1.29 is 23.4 Å². The number of carbonyl (C=O) groups excluding carboxylic acids is 1. The van der Waals surface area contributed by atoms with Gasteiger partial charge in [0.05, 0.1) is 39.1 Å². The normalized spacial score (nSPS) is 14.5. The molecule has 2 heterocycles. The molecule has 1 aliphatic rings. The second-order valence-corrected chi connectivity index (χ2v) is 7.13. The maximum Gasteiger partial charge on any atom is 0.224 e. The molecule has 3 aromatic rings. The highest BCUT2D eigenvalue weighted by molar-refractivity contribution is 5.79. The van der Waals surface area contributed by atoms with Gasteiger partial charge in [0.25, 0.3) is 0 Å². The van der Waals surface area contributed by atoms with Crippen molar-refractivity contribution in [1.82, 2.24) is 15.3 Å². The molecule has 160 valence electrons. The molecule has 1 unspecified atom stereocenters. The van der Waals surface area contributed by atoms with Crippen molar-refractivity contribution in [3.05, 3.63) is 65.9 Å². The van der Waals surface area contributed by atoms with E-state index in [1.54, 1.807) is 51.0 Å². The first kappa shape index (κ1) is 20.6. The van der Waals surface area contributed by atoms with Crippen LogP contribution in [0.25, 0.3) is 11.3 Å². The van der Waals surface area contributed by atoms with Gasteiger partial charge >= 0.3 is 0 Å². The molecule has 1 atom stereocenters. The van der Waals surface area contributed by atoms with Crippen molar-refractivity contribution in [3.8, 4) is 28.5 Å². The Morgan fingerprint density at radius 1 is 1.23 bits per heavy atom. The average molecular weight is 423 g/mol. The minimum atomic E-state index is -0.363. The lowest BCUT2D eigenvalue weighted by molar-refractivity contribution is -0.120. The molecule has 0 aliphatic carbocycles. The van der Waals surface area contributed by atoms with E-state index in [1.807, 2.05) is 0 Å². The van der Waals surface area contributed by atoms with Crippen LogP contribution in [0.4, 0.5) is 4.39 Å². The van der Waals surface area contributed by atoms with Crippen LogP contribution >= 0.6 is 0 Å². The molecule has 0 saturated heterocycles. The zero-order chi connectivity index (χ0) is 21.8. The highest BCUT2D eigenvalue weighted by atomic mass is 19.1. The van der Waals surface area contributed by atoms with Gasteiger partial charge in [0.15, 0.2) is 0 Å². The van der Waals surface area contributed by atoms with Crippen molar-refractivity contribution in [2.45, 2.75) is 18.9 Å². The third-order valence-corrected chi connectivity index (χ3v) is 5.07. The SMILES string of the molecule is COc1ccc(OC)c(CC(=O)NCC2Cc3cc(F)cc(-c4cnccn4)c3O2)c1. The number of ether oxygens (including phenoxy) is 3. The molecular formula is C23H22FN3O4. The minimum absolute atomic E-state index is 0.138. The third-order valence-electron chi connectivity index (χ3n) is 5.07. The number of nitrogens with one attached hydrogen (secondary N) is 1. The lowest BCUT2D eigenvalue weighted by atomic mass is 10.0. The first-order chi connectivity index (χ1) is 15.1. The largest absolute Gasteiger partial charge is 0.497 e. The summed E-state index contributed by atoms with van der Waals surface area (Å²) in [6, 6.07) is 8.16. The average Bonchev–Trinajstić information content (AvgIpc) is 3.20. The second kappa shape index (κ2) is 8.99. The molecular weight excluding hydrogens is 401 g/mol. The van der Waals surface area contributed by atoms with E-state index in [2.05, 4.69) is 15.3 Å². The summed E-state index contributed by atoms with van der Waals surface area (Å²) in [7, 11) is 3.12. The second-order valence-electron chi connectivity index (χ2n) is 7.13. The zero-order valence-electron chi connectivity index (χ0n) is 17.2. The number of aromatic nitrogens is 2. The summed E-state index contributed by atoms with van der Waals surface area (Å²) in [5.41, 5.74) is 2.56. The van der Waals surface area contributed by atoms with Crippen LogP contribution in [0.15, 0.2) is 48.9 Å². The van der Waals surface area contributed by atoms with Crippen molar-refractivity contribution >= 4 is 5.91 Å². The fourth-order valence-corrected chi connectivity index (χ4v) is 3.62. The molecule has 0 bridgehead atoms. The number of methoxy groups -OCH3 is 2. The lowest BCUT2D eigenvalue weighted by Gasteiger charge is -2.14. The molecule has 1 N–H and O–H groups in total. The Kier molecular flexibility index (Phi) is 5.97. The zero-order valence-corrected chi connectivity index (χ0v) is 17.2. The van der Waals surface area contributed by atoms with Crippen LogP contribution in [0.2, 0.25) is 0 Å². The summed E-state index contributed by atoms with van der Waals surface area (Å²) in [6.07, 6.45) is 4.99. The van der Waals surface area contributed by atoms with Crippen molar-refractivity contribution in [3.63, 3.8) is 0 Å². The molecule has 8 heteroatoms. The number of rotatable bonds is 7. The summed E-state index contributed by atoms with van der Waals surface area (Å²) in [4.78, 5) is 20.8. The summed E-state index contributed by atoms with van der Waals surface area (Å²) in [6.45, 7) is 0.293. The summed E-state index contributed by atoms with van der Waals surface area (Å²) >= 11 is 0. The van der Waals surface area contributed by atoms with Crippen LogP contribution in [0.3, 0.4) is 0 Å². The fourth-order valence-electron chi connectivity index (χ4n) is 3.62. The van der Waals surface area contributed by atoms with E-state index in [0.717, 1.165) is 11.1 Å². The predicted molar refractivity (Wildman–Crippen MR) is 112 cm³/mol. The van der Waals surface area contributed by atoms with Crippen LogP contribution in [-0.2, 0) is 17.6 Å². The van der Waals surface area contributed by atoms with Gasteiger partial charge in [0.2, 0.25) is 5.91 Å². The van der Waals surface area contributed by atoms with Gasteiger partial charge in [-0.25, -0.2) is 4.39 Å². The molecule has 1 aromatic heterocycles. The Hall–Kier alpha value is -3.68. The van der Waals surface area contributed by atoms with E-state index >= 15 is 0 Å². The van der Waals surface area contributed by atoms with Gasteiger partial charge < -0.3 is 19.5 Å². The predicted octanol–water partition coefficient (Wildman–Crippen LogP) is 2.96. The van der Waals surface area contributed by atoms with Gasteiger partial charge in [-0.3, -0.25) is 14.8 Å². The van der Waals surface area contributed by atoms with Crippen LogP contribution in [0.1, 0.15) is 11.1 Å². The van der Waals surface area contributed by atoms with Gasteiger partial charge in [-0.15, -0.1) is 0 Å². The van der Waals surface area contributed by atoms with E-state index in [-0.39, 0.29) is 24.2 Å². The number of halogens is 1. The molecule has 1 amide bonds. The van der Waals surface area contributed by atoms with Gasteiger partial charge in [0.1, 0.15) is 29.2 Å². The molecule has 0 fully saturated rings. The fraction of sp³-hybridized carbons (Fsp3) is 0.261. The molecule has 0 radical (unpaired) electrons. The first-order valence-electron chi connectivity index (χ1n) is 9.80.